The fraction of sp³-hybridized carbons (Fsp3) is 0.231. The van der Waals surface area contributed by atoms with Crippen LogP contribution in [0, 0.1) is 6.92 Å². The summed E-state index contributed by atoms with van der Waals surface area (Å²) in [4.78, 5) is 18.0. The molecule has 0 spiro atoms. The average molecular weight is 360 g/mol. The number of carbonyl (C=O) groups excluding carboxylic acids is 1. The highest BCUT2D eigenvalue weighted by molar-refractivity contribution is 9.11. The maximum atomic E-state index is 12.3. The number of hydrogen-bond donors (Lipinski definition) is 0. The van der Waals surface area contributed by atoms with Gasteiger partial charge in [-0.25, -0.2) is 4.98 Å². The number of aromatic nitrogens is 1. The van der Waals surface area contributed by atoms with Gasteiger partial charge in [-0.3, -0.25) is 4.79 Å². The summed E-state index contributed by atoms with van der Waals surface area (Å²) in [5.74, 6) is -0.0604. The SMILES string of the molecule is Cc1cc(C(=O)N(C)Cc2csc(Br)c2)cc(Cl)n1. The van der Waals surface area contributed by atoms with Crippen molar-refractivity contribution in [2.45, 2.75) is 13.5 Å². The molecule has 2 aromatic heterocycles. The fourth-order valence-electron chi connectivity index (χ4n) is 1.75. The highest BCUT2D eigenvalue weighted by Gasteiger charge is 2.14. The van der Waals surface area contributed by atoms with Gasteiger partial charge < -0.3 is 4.90 Å². The fourth-order valence-corrected chi connectivity index (χ4v) is 3.20. The maximum Gasteiger partial charge on any atom is 0.254 e. The van der Waals surface area contributed by atoms with E-state index in [1.165, 1.54) is 0 Å². The molecule has 0 saturated carbocycles. The first kappa shape index (κ1) is 14.5. The largest absolute Gasteiger partial charge is 0.337 e. The van der Waals surface area contributed by atoms with Gasteiger partial charge in [0.15, 0.2) is 0 Å². The molecule has 0 aliphatic carbocycles. The molecule has 2 heterocycles. The number of nitrogens with zero attached hydrogens (tertiary/aromatic N) is 2. The Hall–Kier alpha value is -0.910. The van der Waals surface area contributed by atoms with Crippen molar-refractivity contribution in [3.8, 4) is 0 Å². The first-order chi connectivity index (χ1) is 8.95. The van der Waals surface area contributed by atoms with Gasteiger partial charge in [0.05, 0.1) is 3.79 Å². The number of amides is 1. The molecule has 2 aromatic rings. The summed E-state index contributed by atoms with van der Waals surface area (Å²) in [6, 6.07) is 5.35. The third kappa shape index (κ3) is 3.78. The van der Waals surface area contributed by atoms with E-state index in [2.05, 4.69) is 20.9 Å². The monoisotopic (exact) mass is 358 g/mol. The van der Waals surface area contributed by atoms with Gasteiger partial charge in [-0.15, -0.1) is 11.3 Å². The smallest absolute Gasteiger partial charge is 0.254 e. The summed E-state index contributed by atoms with van der Waals surface area (Å²) >= 11 is 10.9. The van der Waals surface area contributed by atoms with E-state index in [-0.39, 0.29) is 5.91 Å². The second-order valence-corrected chi connectivity index (χ2v) is 6.92. The number of hydrogen-bond acceptors (Lipinski definition) is 3. The van der Waals surface area contributed by atoms with Gasteiger partial charge in [-0.05, 0) is 52.0 Å². The molecule has 0 aromatic carbocycles. The minimum atomic E-state index is -0.0604. The minimum absolute atomic E-state index is 0.0604. The number of rotatable bonds is 3. The predicted octanol–water partition coefficient (Wildman–Crippen LogP) is 4.14. The summed E-state index contributed by atoms with van der Waals surface area (Å²) in [7, 11) is 1.78. The molecule has 0 N–H and O–H groups in total. The van der Waals surface area contributed by atoms with E-state index in [4.69, 9.17) is 11.6 Å². The molecule has 19 heavy (non-hydrogen) atoms. The summed E-state index contributed by atoms with van der Waals surface area (Å²) in [5, 5.41) is 2.37. The van der Waals surface area contributed by atoms with Crippen molar-refractivity contribution in [1.82, 2.24) is 9.88 Å². The molecule has 0 fully saturated rings. The highest BCUT2D eigenvalue weighted by Crippen LogP contribution is 2.22. The van der Waals surface area contributed by atoms with E-state index >= 15 is 0 Å². The van der Waals surface area contributed by atoms with Crippen molar-refractivity contribution < 1.29 is 4.79 Å². The molecule has 0 saturated heterocycles. The number of thiophene rings is 1. The van der Waals surface area contributed by atoms with Crippen molar-refractivity contribution in [2.75, 3.05) is 7.05 Å². The molecule has 0 aliphatic rings. The Morgan fingerprint density at radius 3 is 2.79 bits per heavy atom. The number of pyridine rings is 1. The number of aryl methyl sites for hydroxylation is 1. The lowest BCUT2D eigenvalue weighted by molar-refractivity contribution is 0.0785. The van der Waals surface area contributed by atoms with Crippen LogP contribution in [0.15, 0.2) is 27.4 Å². The zero-order valence-electron chi connectivity index (χ0n) is 10.5. The highest BCUT2D eigenvalue weighted by atomic mass is 79.9. The average Bonchev–Trinajstić information content (AvgIpc) is 2.72. The topological polar surface area (TPSA) is 33.2 Å². The van der Waals surface area contributed by atoms with Gasteiger partial charge in [0.2, 0.25) is 0 Å². The molecule has 0 bridgehead atoms. The summed E-state index contributed by atoms with van der Waals surface area (Å²) < 4.78 is 1.06. The lowest BCUT2D eigenvalue weighted by Crippen LogP contribution is -2.26. The number of carbonyl (C=O) groups is 1. The molecule has 0 radical (unpaired) electrons. The van der Waals surface area contributed by atoms with Crippen molar-refractivity contribution >= 4 is 44.8 Å². The molecule has 0 aliphatic heterocycles. The second-order valence-electron chi connectivity index (χ2n) is 4.24. The van der Waals surface area contributed by atoms with Crippen LogP contribution in [0.25, 0.3) is 0 Å². The van der Waals surface area contributed by atoms with Crippen LogP contribution in [-0.4, -0.2) is 22.8 Å². The molecular formula is C13H12BrClN2OS. The van der Waals surface area contributed by atoms with Gasteiger partial charge in [0.25, 0.3) is 5.91 Å². The maximum absolute atomic E-state index is 12.3. The summed E-state index contributed by atoms with van der Waals surface area (Å²) in [5.41, 5.74) is 2.40. The van der Waals surface area contributed by atoms with E-state index in [1.807, 2.05) is 18.4 Å². The van der Waals surface area contributed by atoms with E-state index < -0.39 is 0 Å². The first-order valence-corrected chi connectivity index (χ1v) is 7.63. The van der Waals surface area contributed by atoms with Crippen molar-refractivity contribution in [3.63, 3.8) is 0 Å². The van der Waals surface area contributed by atoms with E-state index in [9.17, 15) is 4.79 Å². The lowest BCUT2D eigenvalue weighted by atomic mass is 10.2. The van der Waals surface area contributed by atoms with Gasteiger partial charge in [0.1, 0.15) is 5.15 Å². The van der Waals surface area contributed by atoms with Crippen LogP contribution in [0.4, 0.5) is 0 Å². The molecule has 0 unspecified atom stereocenters. The summed E-state index contributed by atoms with van der Waals surface area (Å²) in [6.07, 6.45) is 0. The van der Waals surface area contributed by atoms with Crippen molar-refractivity contribution in [1.29, 1.82) is 0 Å². The second kappa shape index (κ2) is 6.03. The Kier molecular flexibility index (Phi) is 4.60. The zero-order valence-corrected chi connectivity index (χ0v) is 13.6. The lowest BCUT2D eigenvalue weighted by Gasteiger charge is -2.16. The Bertz CT molecular complexity index is 594. The van der Waals surface area contributed by atoms with Crippen LogP contribution in [0.1, 0.15) is 21.6 Å². The van der Waals surface area contributed by atoms with Gasteiger partial charge in [-0.2, -0.15) is 0 Å². The van der Waals surface area contributed by atoms with Gasteiger partial charge in [0, 0.05) is 24.8 Å². The molecular weight excluding hydrogens is 348 g/mol. The summed E-state index contributed by atoms with van der Waals surface area (Å²) in [6.45, 7) is 2.39. The molecule has 6 heteroatoms. The van der Waals surface area contributed by atoms with Crippen LogP contribution in [0.5, 0.6) is 0 Å². The third-order valence-corrected chi connectivity index (χ3v) is 4.30. The van der Waals surface area contributed by atoms with Gasteiger partial charge >= 0.3 is 0 Å². The Morgan fingerprint density at radius 1 is 1.47 bits per heavy atom. The van der Waals surface area contributed by atoms with Crippen molar-refractivity contribution in [3.05, 3.63) is 49.3 Å². The normalized spacial score (nSPS) is 10.5. The van der Waals surface area contributed by atoms with Crippen LogP contribution in [0.2, 0.25) is 5.15 Å². The van der Waals surface area contributed by atoms with E-state index in [0.717, 1.165) is 15.0 Å². The van der Waals surface area contributed by atoms with Crippen molar-refractivity contribution in [2.24, 2.45) is 0 Å². The molecule has 2 rings (SSSR count). The van der Waals surface area contributed by atoms with Crippen LogP contribution in [0.3, 0.4) is 0 Å². The van der Waals surface area contributed by atoms with Crippen LogP contribution >= 0.6 is 38.9 Å². The molecule has 0 atom stereocenters. The van der Waals surface area contributed by atoms with E-state index in [1.54, 1.807) is 35.4 Å². The Morgan fingerprint density at radius 2 is 2.21 bits per heavy atom. The third-order valence-electron chi connectivity index (χ3n) is 2.56. The zero-order chi connectivity index (χ0) is 14.0. The number of halogens is 2. The Balaban J connectivity index is 2.14. The van der Waals surface area contributed by atoms with E-state index in [0.29, 0.717) is 17.3 Å². The molecule has 1 amide bonds. The van der Waals surface area contributed by atoms with Crippen LogP contribution in [-0.2, 0) is 6.54 Å². The van der Waals surface area contributed by atoms with Gasteiger partial charge in [-0.1, -0.05) is 11.6 Å². The van der Waals surface area contributed by atoms with Crippen LogP contribution < -0.4 is 0 Å². The minimum Gasteiger partial charge on any atom is -0.337 e. The Labute approximate surface area is 129 Å². The first-order valence-electron chi connectivity index (χ1n) is 5.58. The standard InChI is InChI=1S/C13H12BrClN2OS/c1-8-3-10(5-12(15)16-8)13(18)17(2)6-9-4-11(14)19-7-9/h3-5,7H,6H2,1-2H3. The quantitative estimate of drug-likeness (QED) is 0.772. The predicted molar refractivity (Wildman–Crippen MR) is 81.8 cm³/mol. The molecule has 100 valence electrons. The molecule has 3 nitrogen and oxygen atoms in total.